The zero-order valence-electron chi connectivity index (χ0n) is 15.4. The lowest BCUT2D eigenvalue weighted by molar-refractivity contribution is 0.107. The summed E-state index contributed by atoms with van der Waals surface area (Å²) in [5.74, 6) is 0.0886. The fraction of sp³-hybridized carbons (Fsp3) is 0.364. The van der Waals surface area contributed by atoms with E-state index >= 15 is 0 Å². The zero-order chi connectivity index (χ0) is 18.9. The number of nitrogens with zero attached hydrogens (tertiary/aromatic N) is 2. The van der Waals surface area contributed by atoms with Crippen molar-refractivity contribution in [3.8, 4) is 6.07 Å². The molecule has 1 aliphatic heterocycles. The molecule has 0 atom stereocenters. The van der Waals surface area contributed by atoms with E-state index in [9.17, 15) is 4.79 Å². The molecule has 5 nitrogen and oxygen atoms in total. The van der Waals surface area contributed by atoms with Crippen molar-refractivity contribution in [3.05, 3.63) is 71.3 Å². The van der Waals surface area contributed by atoms with Gasteiger partial charge in [-0.15, -0.1) is 0 Å². The number of rotatable bonds is 6. The van der Waals surface area contributed by atoms with Gasteiger partial charge in [0, 0.05) is 25.6 Å². The minimum absolute atomic E-state index is 0.0540. The molecule has 3 rings (SSSR count). The normalized spacial score (nSPS) is 14.6. The summed E-state index contributed by atoms with van der Waals surface area (Å²) in [5, 5.41) is 11.9. The van der Waals surface area contributed by atoms with Gasteiger partial charge < -0.3 is 15.0 Å². The SMILES string of the molecule is N#CC1CCN(C(=O)NCc2ccc(COCc3ccccc3)cc2)CC1. The Morgan fingerprint density at radius 3 is 2.22 bits per heavy atom. The van der Waals surface area contributed by atoms with E-state index in [0.29, 0.717) is 32.8 Å². The number of nitriles is 1. The monoisotopic (exact) mass is 363 g/mol. The van der Waals surface area contributed by atoms with Crippen molar-refractivity contribution >= 4 is 6.03 Å². The highest BCUT2D eigenvalue weighted by Gasteiger charge is 2.22. The fourth-order valence-corrected chi connectivity index (χ4v) is 3.12. The highest BCUT2D eigenvalue weighted by molar-refractivity contribution is 5.74. The molecule has 1 fully saturated rings. The van der Waals surface area contributed by atoms with Gasteiger partial charge in [-0.05, 0) is 29.5 Å². The summed E-state index contributed by atoms with van der Waals surface area (Å²) >= 11 is 0. The van der Waals surface area contributed by atoms with Crippen LogP contribution in [0.15, 0.2) is 54.6 Å². The third-order valence-electron chi connectivity index (χ3n) is 4.81. The number of benzene rings is 2. The van der Waals surface area contributed by atoms with Gasteiger partial charge >= 0.3 is 6.03 Å². The number of nitrogens with one attached hydrogen (secondary N) is 1. The van der Waals surface area contributed by atoms with Gasteiger partial charge in [0.2, 0.25) is 0 Å². The van der Waals surface area contributed by atoms with Crippen LogP contribution in [0.2, 0.25) is 0 Å². The van der Waals surface area contributed by atoms with E-state index in [2.05, 4.69) is 23.5 Å². The van der Waals surface area contributed by atoms with E-state index in [1.54, 1.807) is 4.90 Å². The molecule has 0 saturated carbocycles. The van der Waals surface area contributed by atoms with Gasteiger partial charge in [-0.1, -0.05) is 54.6 Å². The highest BCUT2D eigenvalue weighted by Crippen LogP contribution is 2.16. The molecule has 1 saturated heterocycles. The molecule has 1 N–H and O–H groups in total. The summed E-state index contributed by atoms with van der Waals surface area (Å²) in [5.41, 5.74) is 3.33. The maximum atomic E-state index is 12.2. The number of piperidine rings is 1. The molecule has 140 valence electrons. The number of carbonyl (C=O) groups is 1. The molecule has 1 aliphatic rings. The number of hydrogen-bond donors (Lipinski definition) is 1. The number of amides is 2. The van der Waals surface area contributed by atoms with Crippen LogP contribution < -0.4 is 5.32 Å². The first kappa shape index (κ1) is 18.9. The smallest absolute Gasteiger partial charge is 0.317 e. The van der Waals surface area contributed by atoms with Crippen molar-refractivity contribution in [1.82, 2.24) is 10.2 Å². The van der Waals surface area contributed by atoms with E-state index in [1.165, 1.54) is 0 Å². The fourth-order valence-electron chi connectivity index (χ4n) is 3.12. The molecular formula is C22H25N3O2. The van der Waals surface area contributed by atoms with Crippen molar-refractivity contribution in [3.63, 3.8) is 0 Å². The molecule has 0 aliphatic carbocycles. The maximum absolute atomic E-state index is 12.2. The largest absolute Gasteiger partial charge is 0.372 e. The molecule has 0 aromatic heterocycles. The third kappa shape index (κ3) is 5.83. The quantitative estimate of drug-likeness (QED) is 0.848. The molecule has 0 radical (unpaired) electrons. The van der Waals surface area contributed by atoms with Crippen LogP contribution in [0.25, 0.3) is 0 Å². The molecule has 5 heteroatoms. The first-order valence-corrected chi connectivity index (χ1v) is 9.36. The molecule has 2 aromatic rings. The van der Waals surface area contributed by atoms with Crippen LogP contribution in [0.5, 0.6) is 0 Å². The molecule has 1 heterocycles. The number of urea groups is 1. The van der Waals surface area contributed by atoms with Crippen LogP contribution in [0, 0.1) is 17.2 Å². The lowest BCUT2D eigenvalue weighted by Crippen LogP contribution is -2.44. The Morgan fingerprint density at radius 2 is 1.59 bits per heavy atom. The Labute approximate surface area is 160 Å². The second-order valence-corrected chi connectivity index (χ2v) is 6.84. The topological polar surface area (TPSA) is 65.4 Å². The van der Waals surface area contributed by atoms with Crippen LogP contribution in [-0.2, 0) is 24.5 Å². The van der Waals surface area contributed by atoms with Crippen LogP contribution in [0.3, 0.4) is 0 Å². The average Bonchev–Trinajstić information content (AvgIpc) is 2.74. The molecule has 2 amide bonds. The number of likely N-dealkylation sites (tertiary alicyclic amines) is 1. The molecule has 0 unspecified atom stereocenters. The first-order chi connectivity index (χ1) is 13.2. The van der Waals surface area contributed by atoms with E-state index in [1.807, 2.05) is 42.5 Å². The van der Waals surface area contributed by atoms with Crippen LogP contribution >= 0.6 is 0 Å². The van der Waals surface area contributed by atoms with Crippen LogP contribution in [0.1, 0.15) is 29.5 Å². The van der Waals surface area contributed by atoms with E-state index in [-0.39, 0.29) is 11.9 Å². The summed E-state index contributed by atoms with van der Waals surface area (Å²) in [4.78, 5) is 14.0. The Bertz CT molecular complexity index is 760. The summed E-state index contributed by atoms with van der Waals surface area (Å²) in [7, 11) is 0. The predicted molar refractivity (Wildman–Crippen MR) is 104 cm³/mol. The van der Waals surface area contributed by atoms with Gasteiger partial charge in [-0.3, -0.25) is 0 Å². The standard InChI is InChI=1S/C22H25N3O2/c23-14-18-10-12-25(13-11-18)22(26)24-15-19-6-8-21(9-7-19)17-27-16-20-4-2-1-3-5-20/h1-9,18H,10-13,15-17H2,(H,24,26). The van der Waals surface area contributed by atoms with Gasteiger partial charge in [0.05, 0.1) is 19.3 Å². The summed E-state index contributed by atoms with van der Waals surface area (Å²) in [6.07, 6.45) is 1.53. The minimum atomic E-state index is -0.0540. The molecular weight excluding hydrogens is 338 g/mol. The lowest BCUT2D eigenvalue weighted by Gasteiger charge is -2.29. The predicted octanol–water partition coefficient (Wildman–Crippen LogP) is 3.85. The van der Waals surface area contributed by atoms with Gasteiger partial charge in [-0.2, -0.15) is 5.26 Å². The van der Waals surface area contributed by atoms with E-state index < -0.39 is 0 Å². The van der Waals surface area contributed by atoms with Crippen molar-refractivity contribution in [2.45, 2.75) is 32.6 Å². The second-order valence-electron chi connectivity index (χ2n) is 6.84. The third-order valence-corrected chi connectivity index (χ3v) is 4.81. The minimum Gasteiger partial charge on any atom is -0.372 e. The van der Waals surface area contributed by atoms with Crippen LogP contribution in [-0.4, -0.2) is 24.0 Å². The van der Waals surface area contributed by atoms with Crippen molar-refractivity contribution in [2.24, 2.45) is 5.92 Å². The van der Waals surface area contributed by atoms with Gasteiger partial charge in [0.25, 0.3) is 0 Å². The number of hydrogen-bond acceptors (Lipinski definition) is 3. The Balaban J connectivity index is 1.39. The van der Waals surface area contributed by atoms with E-state index in [4.69, 9.17) is 10.00 Å². The van der Waals surface area contributed by atoms with Crippen LogP contribution in [0.4, 0.5) is 4.79 Å². The molecule has 2 aromatic carbocycles. The first-order valence-electron chi connectivity index (χ1n) is 9.36. The average molecular weight is 363 g/mol. The van der Waals surface area contributed by atoms with Gasteiger partial charge in [0.1, 0.15) is 0 Å². The molecule has 0 bridgehead atoms. The zero-order valence-corrected chi connectivity index (χ0v) is 15.4. The molecule has 27 heavy (non-hydrogen) atoms. The summed E-state index contributed by atoms with van der Waals surface area (Å²) < 4.78 is 5.74. The van der Waals surface area contributed by atoms with Gasteiger partial charge in [0.15, 0.2) is 0 Å². The number of carbonyl (C=O) groups excluding carboxylic acids is 1. The number of ether oxygens (including phenoxy) is 1. The lowest BCUT2D eigenvalue weighted by atomic mass is 9.99. The van der Waals surface area contributed by atoms with Crippen molar-refractivity contribution in [1.29, 1.82) is 5.26 Å². The molecule has 0 spiro atoms. The Hall–Kier alpha value is -2.84. The van der Waals surface area contributed by atoms with Gasteiger partial charge in [-0.25, -0.2) is 4.79 Å². The highest BCUT2D eigenvalue weighted by atomic mass is 16.5. The summed E-state index contributed by atoms with van der Waals surface area (Å²) in [6, 6.07) is 20.4. The maximum Gasteiger partial charge on any atom is 0.317 e. The summed E-state index contributed by atoms with van der Waals surface area (Å²) in [6.45, 7) is 2.97. The van der Waals surface area contributed by atoms with Crippen molar-refractivity contribution < 1.29 is 9.53 Å². The Kier molecular flexibility index (Phi) is 6.84. The second kappa shape index (κ2) is 9.75. The van der Waals surface area contributed by atoms with Crippen molar-refractivity contribution in [2.75, 3.05) is 13.1 Å². The van der Waals surface area contributed by atoms with E-state index in [0.717, 1.165) is 29.5 Å². The Morgan fingerprint density at radius 1 is 1.00 bits per heavy atom.